The van der Waals surface area contributed by atoms with E-state index in [9.17, 15) is 14.0 Å². The molecule has 0 saturated carbocycles. The molecule has 6 heteroatoms. The summed E-state index contributed by atoms with van der Waals surface area (Å²) in [6.07, 6.45) is 2.48. The van der Waals surface area contributed by atoms with Gasteiger partial charge in [-0.1, -0.05) is 29.8 Å². The smallest absolute Gasteiger partial charge is 0.251 e. The van der Waals surface area contributed by atoms with Crippen LogP contribution >= 0.6 is 11.6 Å². The summed E-state index contributed by atoms with van der Waals surface area (Å²) in [7, 11) is 0. The van der Waals surface area contributed by atoms with Crippen molar-refractivity contribution in [3.05, 3.63) is 70.5 Å². The van der Waals surface area contributed by atoms with Gasteiger partial charge in [0.15, 0.2) is 0 Å². The number of carbonyl (C=O) groups excluding carboxylic acids is 2. The third-order valence-corrected chi connectivity index (χ3v) is 5.22. The highest BCUT2D eigenvalue weighted by molar-refractivity contribution is 6.31. The average Bonchev–Trinajstić information content (AvgIpc) is 2.68. The Hall–Kier alpha value is -2.40. The Morgan fingerprint density at radius 2 is 1.74 bits per heavy atom. The van der Waals surface area contributed by atoms with Gasteiger partial charge in [0, 0.05) is 36.1 Å². The van der Waals surface area contributed by atoms with E-state index in [1.807, 2.05) is 29.2 Å². The highest BCUT2D eigenvalue weighted by Gasteiger charge is 2.24. The number of nitrogens with zero attached hydrogens (tertiary/aromatic N) is 1. The molecule has 0 bridgehead atoms. The van der Waals surface area contributed by atoms with Crippen LogP contribution in [0.1, 0.15) is 35.2 Å². The third kappa shape index (κ3) is 5.30. The molecule has 1 saturated heterocycles. The summed E-state index contributed by atoms with van der Waals surface area (Å²) in [5.74, 6) is -0.466. The molecule has 2 amide bonds. The number of carbonyl (C=O) groups is 2. The summed E-state index contributed by atoms with van der Waals surface area (Å²) in [6.45, 7) is 1.24. The summed E-state index contributed by atoms with van der Waals surface area (Å²) >= 11 is 6.13. The van der Waals surface area contributed by atoms with E-state index >= 15 is 0 Å². The summed E-state index contributed by atoms with van der Waals surface area (Å²) < 4.78 is 12.9. The first-order valence-corrected chi connectivity index (χ1v) is 9.48. The molecule has 1 heterocycles. The second-order valence-electron chi connectivity index (χ2n) is 6.73. The Bertz CT molecular complexity index is 802. The average molecular weight is 389 g/mol. The maximum atomic E-state index is 12.9. The first-order valence-electron chi connectivity index (χ1n) is 9.10. The van der Waals surface area contributed by atoms with Crippen molar-refractivity contribution in [3.8, 4) is 0 Å². The molecule has 0 atom stereocenters. The first-order chi connectivity index (χ1) is 13.0. The largest absolute Gasteiger partial charge is 0.349 e. The van der Waals surface area contributed by atoms with Crippen molar-refractivity contribution in [2.24, 2.45) is 0 Å². The zero-order valence-electron chi connectivity index (χ0n) is 15.0. The number of likely N-dealkylation sites (tertiary alicyclic amines) is 1. The molecule has 4 nitrogen and oxygen atoms in total. The Labute approximate surface area is 163 Å². The third-order valence-electron chi connectivity index (χ3n) is 4.86. The SMILES string of the molecule is O=C(NC1CCN(C(=O)CCc2ccccc2Cl)CC1)c1ccc(F)cc1. The van der Waals surface area contributed by atoms with E-state index in [0.717, 1.165) is 5.56 Å². The Morgan fingerprint density at radius 3 is 2.41 bits per heavy atom. The van der Waals surface area contributed by atoms with Gasteiger partial charge in [0.2, 0.25) is 5.91 Å². The number of nitrogens with one attached hydrogen (secondary N) is 1. The Kier molecular flexibility index (Phi) is 6.45. The van der Waals surface area contributed by atoms with Crippen LogP contribution in [0.25, 0.3) is 0 Å². The predicted molar refractivity (Wildman–Crippen MR) is 103 cm³/mol. The zero-order valence-corrected chi connectivity index (χ0v) is 15.7. The van der Waals surface area contributed by atoms with Gasteiger partial charge in [-0.25, -0.2) is 4.39 Å². The number of amides is 2. The van der Waals surface area contributed by atoms with Gasteiger partial charge in [-0.05, 0) is 55.2 Å². The van der Waals surface area contributed by atoms with Gasteiger partial charge in [-0.2, -0.15) is 0 Å². The normalized spacial score (nSPS) is 14.8. The standard InChI is InChI=1S/C21H22ClFN2O2/c22-19-4-2-1-3-15(19)7-10-20(26)25-13-11-18(12-14-25)24-21(27)16-5-8-17(23)9-6-16/h1-6,8-9,18H,7,10-14H2,(H,24,27). The molecule has 2 aromatic carbocycles. The Morgan fingerprint density at radius 1 is 1.07 bits per heavy atom. The summed E-state index contributed by atoms with van der Waals surface area (Å²) in [6, 6.07) is 13.1. The molecule has 27 heavy (non-hydrogen) atoms. The van der Waals surface area contributed by atoms with Crippen LogP contribution in [0, 0.1) is 5.82 Å². The number of hydrogen-bond acceptors (Lipinski definition) is 2. The first kappa shape index (κ1) is 19.4. The zero-order chi connectivity index (χ0) is 19.2. The lowest BCUT2D eigenvalue weighted by Gasteiger charge is -2.32. The van der Waals surface area contributed by atoms with Crippen LogP contribution < -0.4 is 5.32 Å². The predicted octanol–water partition coefficient (Wildman–Crippen LogP) is 3.83. The van der Waals surface area contributed by atoms with Gasteiger partial charge in [-0.3, -0.25) is 9.59 Å². The van der Waals surface area contributed by atoms with Crippen LogP contribution in [0.4, 0.5) is 4.39 Å². The lowest BCUT2D eigenvalue weighted by atomic mass is 10.0. The molecule has 0 aromatic heterocycles. The van der Waals surface area contributed by atoms with Gasteiger partial charge in [0.25, 0.3) is 5.91 Å². The van der Waals surface area contributed by atoms with Gasteiger partial charge in [0.1, 0.15) is 5.82 Å². The molecule has 1 fully saturated rings. The second-order valence-corrected chi connectivity index (χ2v) is 7.13. The monoisotopic (exact) mass is 388 g/mol. The van der Waals surface area contributed by atoms with Gasteiger partial charge in [-0.15, -0.1) is 0 Å². The molecule has 1 aliphatic heterocycles. The fraction of sp³-hybridized carbons (Fsp3) is 0.333. The molecular weight excluding hydrogens is 367 g/mol. The highest BCUT2D eigenvalue weighted by atomic mass is 35.5. The molecule has 0 unspecified atom stereocenters. The lowest BCUT2D eigenvalue weighted by Crippen LogP contribution is -2.46. The molecule has 1 N–H and O–H groups in total. The van der Waals surface area contributed by atoms with Crippen LogP contribution in [0.5, 0.6) is 0 Å². The lowest BCUT2D eigenvalue weighted by molar-refractivity contribution is -0.132. The molecule has 1 aliphatic rings. The topological polar surface area (TPSA) is 49.4 Å². The van der Waals surface area contributed by atoms with Crippen molar-refractivity contribution in [3.63, 3.8) is 0 Å². The Balaban J connectivity index is 1.44. The molecular formula is C21H22ClFN2O2. The van der Waals surface area contributed by atoms with Gasteiger partial charge < -0.3 is 10.2 Å². The quantitative estimate of drug-likeness (QED) is 0.846. The molecule has 3 rings (SSSR count). The van der Waals surface area contributed by atoms with E-state index in [-0.39, 0.29) is 23.7 Å². The van der Waals surface area contributed by atoms with Crippen molar-refractivity contribution in [1.82, 2.24) is 10.2 Å². The van der Waals surface area contributed by atoms with E-state index in [4.69, 9.17) is 11.6 Å². The molecule has 142 valence electrons. The fourth-order valence-electron chi connectivity index (χ4n) is 3.24. The van der Waals surface area contributed by atoms with Crippen molar-refractivity contribution in [1.29, 1.82) is 0 Å². The number of rotatable bonds is 5. The minimum absolute atomic E-state index is 0.0233. The van der Waals surface area contributed by atoms with Crippen LogP contribution in [-0.2, 0) is 11.2 Å². The van der Waals surface area contributed by atoms with Gasteiger partial charge in [0.05, 0.1) is 0 Å². The highest BCUT2D eigenvalue weighted by Crippen LogP contribution is 2.18. The number of halogens is 2. The van der Waals surface area contributed by atoms with Crippen LogP contribution in [0.3, 0.4) is 0 Å². The van der Waals surface area contributed by atoms with E-state index in [1.54, 1.807) is 0 Å². The van der Waals surface area contributed by atoms with Crippen molar-refractivity contribution < 1.29 is 14.0 Å². The molecule has 0 spiro atoms. The molecule has 0 radical (unpaired) electrons. The number of aryl methyl sites for hydroxylation is 1. The van der Waals surface area contributed by atoms with E-state index in [1.165, 1.54) is 24.3 Å². The van der Waals surface area contributed by atoms with Crippen LogP contribution in [0.15, 0.2) is 48.5 Å². The molecule has 2 aromatic rings. The van der Waals surface area contributed by atoms with Crippen molar-refractivity contribution in [2.45, 2.75) is 31.7 Å². The van der Waals surface area contributed by atoms with Crippen LogP contribution in [0.2, 0.25) is 5.02 Å². The van der Waals surface area contributed by atoms with Gasteiger partial charge >= 0.3 is 0 Å². The van der Waals surface area contributed by atoms with Crippen molar-refractivity contribution in [2.75, 3.05) is 13.1 Å². The number of benzene rings is 2. The summed E-state index contributed by atoms with van der Waals surface area (Å²) in [4.78, 5) is 26.5. The summed E-state index contributed by atoms with van der Waals surface area (Å²) in [5.41, 5.74) is 1.42. The summed E-state index contributed by atoms with van der Waals surface area (Å²) in [5, 5.41) is 3.65. The second kappa shape index (κ2) is 9.00. The van der Waals surface area contributed by atoms with E-state index < -0.39 is 0 Å². The number of hydrogen-bond donors (Lipinski definition) is 1. The maximum absolute atomic E-state index is 12.9. The minimum Gasteiger partial charge on any atom is -0.349 e. The molecule has 0 aliphatic carbocycles. The minimum atomic E-state index is -0.366. The van der Waals surface area contributed by atoms with Crippen molar-refractivity contribution >= 4 is 23.4 Å². The fourth-order valence-corrected chi connectivity index (χ4v) is 3.47. The van der Waals surface area contributed by atoms with Crippen LogP contribution in [-0.4, -0.2) is 35.8 Å². The number of piperidine rings is 1. The van der Waals surface area contributed by atoms with E-state index in [0.29, 0.717) is 49.4 Å². The van der Waals surface area contributed by atoms with E-state index in [2.05, 4.69) is 5.32 Å². The maximum Gasteiger partial charge on any atom is 0.251 e.